The monoisotopic (exact) mass is 472 g/mol. The standard InChI is InChI=1S/C27H22F2N4O2/c1-16-4-3-10-30-23(16)14-32-18-6-8-24(35-25-7-5-17(28)12-22(25)29)20(13-18)21-15-33(2)26-19(21)9-11-31-27(26)34/h3-13,15,32H,14H2,1-2H3,(H,31,34). The third-order valence-electron chi connectivity index (χ3n) is 5.86. The molecule has 0 aliphatic rings. The molecule has 2 aromatic carbocycles. The van der Waals surface area contributed by atoms with Gasteiger partial charge in [0, 0.05) is 53.9 Å². The molecule has 0 amide bonds. The summed E-state index contributed by atoms with van der Waals surface area (Å²) in [7, 11) is 1.78. The fourth-order valence-corrected chi connectivity index (χ4v) is 4.09. The number of nitrogens with zero attached hydrogens (tertiary/aromatic N) is 2. The number of pyridine rings is 2. The average Bonchev–Trinajstić information content (AvgIpc) is 3.18. The molecule has 0 radical (unpaired) electrons. The van der Waals surface area contributed by atoms with Gasteiger partial charge in [0.15, 0.2) is 11.6 Å². The molecule has 5 rings (SSSR count). The van der Waals surface area contributed by atoms with E-state index in [4.69, 9.17) is 4.74 Å². The number of rotatable bonds is 6. The molecule has 0 spiro atoms. The molecule has 0 unspecified atom stereocenters. The molecule has 35 heavy (non-hydrogen) atoms. The first-order valence-corrected chi connectivity index (χ1v) is 11.0. The molecule has 0 saturated heterocycles. The Balaban J connectivity index is 1.60. The van der Waals surface area contributed by atoms with E-state index in [1.54, 1.807) is 30.1 Å². The van der Waals surface area contributed by atoms with Crippen LogP contribution < -0.4 is 15.6 Å². The number of halogens is 2. The molecule has 5 aromatic rings. The van der Waals surface area contributed by atoms with E-state index in [-0.39, 0.29) is 11.3 Å². The Morgan fingerprint density at radius 2 is 1.89 bits per heavy atom. The quantitative estimate of drug-likeness (QED) is 0.322. The SMILES string of the molecule is Cc1cccnc1CNc1ccc(Oc2ccc(F)cc2F)c(-c2cn(C)c3c(=O)[nH]ccc23)c1. The van der Waals surface area contributed by atoms with Crippen molar-refractivity contribution in [3.8, 4) is 22.6 Å². The van der Waals surface area contributed by atoms with Gasteiger partial charge in [0.25, 0.3) is 5.56 Å². The molecule has 0 fully saturated rings. The van der Waals surface area contributed by atoms with E-state index in [2.05, 4.69) is 15.3 Å². The first kappa shape index (κ1) is 22.3. The van der Waals surface area contributed by atoms with Crippen LogP contribution >= 0.6 is 0 Å². The van der Waals surface area contributed by atoms with Gasteiger partial charge in [-0.2, -0.15) is 0 Å². The summed E-state index contributed by atoms with van der Waals surface area (Å²) in [6.45, 7) is 2.51. The lowest BCUT2D eigenvalue weighted by Gasteiger charge is -2.15. The van der Waals surface area contributed by atoms with Crippen LogP contribution in [0.2, 0.25) is 0 Å². The van der Waals surface area contributed by atoms with Crippen LogP contribution in [0.15, 0.2) is 78.0 Å². The summed E-state index contributed by atoms with van der Waals surface area (Å²) in [5, 5.41) is 4.09. The normalized spacial score (nSPS) is 11.1. The number of aromatic amines is 1. The molecular weight excluding hydrogens is 450 g/mol. The zero-order valence-electron chi connectivity index (χ0n) is 19.1. The Morgan fingerprint density at radius 1 is 1.06 bits per heavy atom. The predicted molar refractivity (Wildman–Crippen MR) is 132 cm³/mol. The lowest BCUT2D eigenvalue weighted by Crippen LogP contribution is -2.07. The van der Waals surface area contributed by atoms with Crippen molar-refractivity contribution in [1.29, 1.82) is 0 Å². The molecule has 3 heterocycles. The number of ether oxygens (including phenoxy) is 1. The summed E-state index contributed by atoms with van der Waals surface area (Å²) in [5.41, 5.74) is 4.45. The van der Waals surface area contributed by atoms with Crippen molar-refractivity contribution in [1.82, 2.24) is 14.5 Å². The van der Waals surface area contributed by atoms with Crippen molar-refractivity contribution < 1.29 is 13.5 Å². The second kappa shape index (κ2) is 9.06. The third-order valence-corrected chi connectivity index (χ3v) is 5.86. The minimum atomic E-state index is -0.807. The van der Waals surface area contributed by atoms with Gasteiger partial charge in [-0.15, -0.1) is 0 Å². The summed E-state index contributed by atoms with van der Waals surface area (Å²) in [6.07, 6.45) is 5.16. The smallest absolute Gasteiger partial charge is 0.272 e. The molecule has 0 saturated carbocycles. The molecule has 0 aliphatic heterocycles. The van der Waals surface area contributed by atoms with Gasteiger partial charge < -0.3 is 19.6 Å². The zero-order chi connectivity index (χ0) is 24.5. The van der Waals surface area contributed by atoms with Gasteiger partial charge in [-0.25, -0.2) is 8.78 Å². The fourth-order valence-electron chi connectivity index (χ4n) is 4.09. The van der Waals surface area contributed by atoms with Crippen LogP contribution in [0.1, 0.15) is 11.3 Å². The van der Waals surface area contributed by atoms with Crippen LogP contribution in [0.3, 0.4) is 0 Å². The third kappa shape index (κ3) is 4.38. The number of fused-ring (bicyclic) bond motifs is 1. The summed E-state index contributed by atoms with van der Waals surface area (Å²) >= 11 is 0. The molecule has 3 aromatic heterocycles. The summed E-state index contributed by atoms with van der Waals surface area (Å²) < 4.78 is 35.4. The van der Waals surface area contributed by atoms with Gasteiger partial charge >= 0.3 is 0 Å². The highest BCUT2D eigenvalue weighted by Crippen LogP contribution is 2.39. The Hall–Kier alpha value is -4.46. The Labute approximate surface area is 199 Å². The highest BCUT2D eigenvalue weighted by molar-refractivity contribution is 5.97. The van der Waals surface area contributed by atoms with E-state index >= 15 is 0 Å². The molecule has 0 aliphatic carbocycles. The van der Waals surface area contributed by atoms with Gasteiger partial charge in [0.2, 0.25) is 0 Å². The van der Waals surface area contributed by atoms with Crippen molar-refractivity contribution in [3.63, 3.8) is 0 Å². The molecule has 2 N–H and O–H groups in total. The first-order valence-electron chi connectivity index (χ1n) is 11.0. The lowest BCUT2D eigenvalue weighted by molar-refractivity contribution is 0.439. The van der Waals surface area contributed by atoms with E-state index in [1.807, 2.05) is 43.5 Å². The van der Waals surface area contributed by atoms with Crippen LogP contribution in [0.4, 0.5) is 14.5 Å². The van der Waals surface area contributed by atoms with Gasteiger partial charge in [0.05, 0.1) is 12.2 Å². The molecular formula is C27H22F2N4O2. The average molecular weight is 472 g/mol. The molecule has 8 heteroatoms. The van der Waals surface area contributed by atoms with Crippen molar-refractivity contribution in [3.05, 3.63) is 106 Å². The number of H-pyrrole nitrogens is 1. The van der Waals surface area contributed by atoms with Crippen LogP contribution in [0, 0.1) is 18.6 Å². The Kier molecular flexibility index (Phi) is 5.78. The molecule has 6 nitrogen and oxygen atoms in total. The van der Waals surface area contributed by atoms with Gasteiger partial charge in [0.1, 0.15) is 17.1 Å². The number of hydrogen-bond acceptors (Lipinski definition) is 4. The van der Waals surface area contributed by atoms with E-state index in [0.29, 0.717) is 23.4 Å². The second-order valence-corrected chi connectivity index (χ2v) is 8.23. The number of hydrogen-bond donors (Lipinski definition) is 2. The van der Waals surface area contributed by atoms with E-state index in [1.165, 1.54) is 6.07 Å². The van der Waals surface area contributed by atoms with Gasteiger partial charge in [-0.1, -0.05) is 6.07 Å². The predicted octanol–water partition coefficient (Wildman–Crippen LogP) is 5.92. The molecule has 0 bridgehead atoms. The van der Waals surface area contributed by atoms with Crippen LogP contribution in [0.25, 0.3) is 22.0 Å². The maximum atomic E-state index is 14.4. The van der Waals surface area contributed by atoms with Crippen molar-refractivity contribution in [2.75, 3.05) is 5.32 Å². The van der Waals surface area contributed by atoms with E-state index in [9.17, 15) is 13.6 Å². The van der Waals surface area contributed by atoms with Crippen LogP contribution in [-0.2, 0) is 13.6 Å². The largest absolute Gasteiger partial charge is 0.454 e. The number of nitrogens with one attached hydrogen (secondary N) is 2. The highest BCUT2D eigenvalue weighted by Gasteiger charge is 2.17. The molecule has 176 valence electrons. The number of anilines is 1. The maximum absolute atomic E-state index is 14.4. The first-order chi connectivity index (χ1) is 16.9. The summed E-state index contributed by atoms with van der Waals surface area (Å²) in [4.78, 5) is 19.6. The Bertz CT molecular complexity index is 1610. The van der Waals surface area contributed by atoms with Crippen molar-refractivity contribution >= 4 is 16.6 Å². The summed E-state index contributed by atoms with van der Waals surface area (Å²) in [5.74, 6) is -1.23. The molecule has 0 atom stereocenters. The second-order valence-electron chi connectivity index (χ2n) is 8.23. The minimum absolute atomic E-state index is 0.101. The number of aryl methyl sites for hydroxylation is 2. The number of aromatic nitrogens is 3. The van der Waals surface area contributed by atoms with E-state index in [0.717, 1.165) is 40.0 Å². The van der Waals surface area contributed by atoms with Gasteiger partial charge in [-0.05, 0) is 55.0 Å². The Morgan fingerprint density at radius 3 is 2.69 bits per heavy atom. The lowest BCUT2D eigenvalue weighted by atomic mass is 10.0. The van der Waals surface area contributed by atoms with Crippen molar-refractivity contribution in [2.45, 2.75) is 13.5 Å². The fraction of sp³-hybridized carbons (Fsp3) is 0.111. The summed E-state index contributed by atoms with van der Waals surface area (Å²) in [6, 6.07) is 14.3. The minimum Gasteiger partial charge on any atom is -0.454 e. The van der Waals surface area contributed by atoms with Crippen LogP contribution in [-0.4, -0.2) is 14.5 Å². The zero-order valence-corrected chi connectivity index (χ0v) is 19.1. The maximum Gasteiger partial charge on any atom is 0.272 e. The highest BCUT2D eigenvalue weighted by atomic mass is 19.1. The van der Waals surface area contributed by atoms with Gasteiger partial charge in [-0.3, -0.25) is 9.78 Å². The van der Waals surface area contributed by atoms with Crippen molar-refractivity contribution in [2.24, 2.45) is 7.05 Å². The van der Waals surface area contributed by atoms with Crippen LogP contribution in [0.5, 0.6) is 11.5 Å². The number of benzene rings is 2. The topological polar surface area (TPSA) is 71.9 Å². The van der Waals surface area contributed by atoms with E-state index < -0.39 is 11.6 Å².